The van der Waals surface area contributed by atoms with E-state index in [1.54, 1.807) is 12.1 Å². The van der Waals surface area contributed by atoms with Crippen molar-refractivity contribution in [2.45, 2.75) is 6.10 Å². The molecule has 0 bridgehead atoms. The molecule has 6 heteroatoms. The monoisotopic (exact) mass is 361 g/mol. The Balaban J connectivity index is 2.12. The predicted octanol–water partition coefficient (Wildman–Crippen LogP) is 4.53. The van der Waals surface area contributed by atoms with Gasteiger partial charge in [-0.15, -0.1) is 0 Å². The lowest BCUT2D eigenvalue weighted by Gasteiger charge is -2.15. The average molecular weight is 363 g/mol. The summed E-state index contributed by atoms with van der Waals surface area (Å²) in [4.78, 5) is 0. The van der Waals surface area contributed by atoms with Crippen molar-refractivity contribution in [3.63, 3.8) is 0 Å². The third-order valence-electron chi connectivity index (χ3n) is 2.74. The van der Waals surface area contributed by atoms with E-state index in [1.807, 2.05) is 0 Å². The average Bonchev–Trinajstić information content (AvgIpc) is 2.37. The SMILES string of the molecule is OC(CNc1c(Cl)cc(F)cc1Br)c1ccccc1F. The van der Waals surface area contributed by atoms with E-state index in [0.717, 1.165) is 6.07 Å². The molecule has 106 valence electrons. The molecule has 2 nitrogen and oxygen atoms in total. The molecule has 0 aliphatic rings. The van der Waals surface area contributed by atoms with Gasteiger partial charge in [0.15, 0.2) is 0 Å². The molecule has 0 spiro atoms. The summed E-state index contributed by atoms with van der Waals surface area (Å²) < 4.78 is 27.0. The molecule has 0 saturated carbocycles. The van der Waals surface area contributed by atoms with Crippen molar-refractivity contribution in [3.05, 3.63) is 63.1 Å². The molecule has 20 heavy (non-hydrogen) atoms. The Morgan fingerprint density at radius 1 is 1.25 bits per heavy atom. The standard InChI is InChI=1S/C14H11BrClF2NO/c15-10-5-8(17)6-11(16)14(10)19-7-13(20)9-3-1-2-4-12(9)18/h1-6,13,19-20H,7H2. The summed E-state index contributed by atoms with van der Waals surface area (Å²) in [7, 11) is 0. The van der Waals surface area contributed by atoms with Crippen molar-refractivity contribution in [3.8, 4) is 0 Å². The van der Waals surface area contributed by atoms with Gasteiger partial charge in [0.1, 0.15) is 11.6 Å². The van der Waals surface area contributed by atoms with Gasteiger partial charge in [0, 0.05) is 16.6 Å². The van der Waals surface area contributed by atoms with Gasteiger partial charge in [-0.05, 0) is 34.1 Å². The van der Waals surface area contributed by atoms with Crippen LogP contribution in [0.1, 0.15) is 11.7 Å². The molecule has 1 atom stereocenters. The largest absolute Gasteiger partial charge is 0.386 e. The van der Waals surface area contributed by atoms with Crippen LogP contribution in [0.4, 0.5) is 14.5 Å². The Morgan fingerprint density at radius 3 is 2.60 bits per heavy atom. The van der Waals surface area contributed by atoms with Crippen LogP contribution < -0.4 is 5.32 Å². The number of aliphatic hydroxyl groups excluding tert-OH is 1. The van der Waals surface area contributed by atoms with Crippen molar-refractivity contribution >= 4 is 33.2 Å². The van der Waals surface area contributed by atoms with E-state index in [0.29, 0.717) is 10.2 Å². The third-order valence-corrected chi connectivity index (χ3v) is 3.67. The first kappa shape index (κ1) is 15.2. The molecule has 0 saturated heterocycles. The lowest BCUT2D eigenvalue weighted by Crippen LogP contribution is -2.14. The minimum Gasteiger partial charge on any atom is -0.386 e. The van der Waals surface area contributed by atoms with Gasteiger partial charge in [0.2, 0.25) is 0 Å². The molecule has 0 fully saturated rings. The highest BCUT2D eigenvalue weighted by atomic mass is 79.9. The molecule has 2 N–H and O–H groups in total. The summed E-state index contributed by atoms with van der Waals surface area (Å²) in [5, 5.41) is 13.0. The minimum atomic E-state index is -1.04. The van der Waals surface area contributed by atoms with E-state index in [4.69, 9.17) is 11.6 Å². The number of benzene rings is 2. The molecule has 0 radical (unpaired) electrons. The van der Waals surface area contributed by atoms with Gasteiger partial charge >= 0.3 is 0 Å². The van der Waals surface area contributed by atoms with Crippen LogP contribution in [0.2, 0.25) is 5.02 Å². The second-order valence-electron chi connectivity index (χ2n) is 4.16. The number of rotatable bonds is 4. The Kier molecular flexibility index (Phi) is 4.96. The maximum absolute atomic E-state index is 13.5. The summed E-state index contributed by atoms with van der Waals surface area (Å²) in [6.07, 6.45) is -1.04. The highest BCUT2D eigenvalue weighted by Crippen LogP contribution is 2.32. The molecule has 2 rings (SSSR count). The molecule has 2 aromatic rings. The maximum atomic E-state index is 13.5. The Labute approximate surface area is 128 Å². The number of aliphatic hydroxyl groups is 1. The first-order valence-corrected chi connectivity index (χ1v) is 6.97. The van der Waals surface area contributed by atoms with Crippen LogP contribution >= 0.6 is 27.5 Å². The van der Waals surface area contributed by atoms with Crippen LogP contribution in [0.15, 0.2) is 40.9 Å². The molecule has 0 aliphatic heterocycles. The van der Waals surface area contributed by atoms with E-state index in [-0.39, 0.29) is 17.1 Å². The fourth-order valence-electron chi connectivity index (χ4n) is 1.77. The summed E-state index contributed by atoms with van der Waals surface area (Å²) in [5.74, 6) is -0.951. The van der Waals surface area contributed by atoms with Gasteiger partial charge in [-0.3, -0.25) is 0 Å². The van der Waals surface area contributed by atoms with Gasteiger partial charge in [-0.1, -0.05) is 29.8 Å². The van der Waals surface area contributed by atoms with Crippen LogP contribution in [0.3, 0.4) is 0 Å². The van der Waals surface area contributed by atoms with Gasteiger partial charge < -0.3 is 10.4 Å². The normalized spacial score (nSPS) is 12.2. The quantitative estimate of drug-likeness (QED) is 0.838. The summed E-state index contributed by atoms with van der Waals surface area (Å²) in [5.41, 5.74) is 0.637. The lowest BCUT2D eigenvalue weighted by atomic mass is 10.1. The van der Waals surface area contributed by atoms with Crippen LogP contribution in [0.5, 0.6) is 0 Å². The van der Waals surface area contributed by atoms with Gasteiger partial charge in [0.25, 0.3) is 0 Å². The Morgan fingerprint density at radius 2 is 1.95 bits per heavy atom. The van der Waals surface area contributed by atoms with E-state index in [1.165, 1.54) is 18.2 Å². The van der Waals surface area contributed by atoms with Crippen molar-refractivity contribution in [2.24, 2.45) is 0 Å². The Hall–Kier alpha value is -1.17. The lowest BCUT2D eigenvalue weighted by molar-refractivity contribution is 0.186. The van der Waals surface area contributed by atoms with Gasteiger partial charge in [-0.2, -0.15) is 0 Å². The zero-order valence-corrected chi connectivity index (χ0v) is 12.5. The summed E-state index contributed by atoms with van der Waals surface area (Å²) >= 11 is 9.08. The zero-order chi connectivity index (χ0) is 14.7. The fraction of sp³-hybridized carbons (Fsp3) is 0.143. The fourth-order valence-corrected chi connectivity index (χ4v) is 2.72. The highest BCUT2D eigenvalue weighted by molar-refractivity contribution is 9.10. The molecule has 0 aliphatic carbocycles. The van der Waals surface area contributed by atoms with Gasteiger partial charge in [-0.25, -0.2) is 8.78 Å². The summed E-state index contributed by atoms with van der Waals surface area (Å²) in [6, 6.07) is 8.38. The number of nitrogens with one attached hydrogen (secondary N) is 1. The van der Waals surface area contributed by atoms with E-state index >= 15 is 0 Å². The van der Waals surface area contributed by atoms with Crippen LogP contribution in [0.25, 0.3) is 0 Å². The van der Waals surface area contributed by atoms with Crippen molar-refractivity contribution in [1.29, 1.82) is 0 Å². The topological polar surface area (TPSA) is 32.3 Å². The Bertz CT molecular complexity index is 601. The molecular weight excluding hydrogens is 352 g/mol. The van der Waals surface area contributed by atoms with E-state index in [2.05, 4.69) is 21.2 Å². The minimum absolute atomic E-state index is 0.0465. The molecule has 0 heterocycles. The maximum Gasteiger partial charge on any atom is 0.129 e. The molecular formula is C14H11BrClF2NO. The third kappa shape index (κ3) is 3.48. The molecule has 1 unspecified atom stereocenters. The van der Waals surface area contributed by atoms with Gasteiger partial charge in [0.05, 0.1) is 16.8 Å². The van der Waals surface area contributed by atoms with Crippen LogP contribution in [-0.2, 0) is 0 Å². The number of anilines is 1. The number of halogens is 4. The number of hydrogen-bond acceptors (Lipinski definition) is 2. The molecule has 0 aromatic heterocycles. The molecule has 0 amide bonds. The van der Waals surface area contributed by atoms with E-state index in [9.17, 15) is 13.9 Å². The van der Waals surface area contributed by atoms with Crippen molar-refractivity contribution < 1.29 is 13.9 Å². The summed E-state index contributed by atoms with van der Waals surface area (Å²) in [6.45, 7) is 0.0465. The highest BCUT2D eigenvalue weighted by Gasteiger charge is 2.14. The second-order valence-corrected chi connectivity index (χ2v) is 5.42. The second kappa shape index (κ2) is 6.52. The molecule has 2 aromatic carbocycles. The first-order chi connectivity index (χ1) is 9.49. The predicted molar refractivity (Wildman–Crippen MR) is 79.0 cm³/mol. The van der Waals surface area contributed by atoms with Crippen molar-refractivity contribution in [1.82, 2.24) is 0 Å². The number of hydrogen-bond donors (Lipinski definition) is 2. The van der Waals surface area contributed by atoms with Crippen LogP contribution in [-0.4, -0.2) is 11.7 Å². The first-order valence-electron chi connectivity index (χ1n) is 5.80. The smallest absolute Gasteiger partial charge is 0.129 e. The van der Waals surface area contributed by atoms with Crippen molar-refractivity contribution in [2.75, 3.05) is 11.9 Å². The zero-order valence-electron chi connectivity index (χ0n) is 10.2. The van der Waals surface area contributed by atoms with Crippen LogP contribution in [0, 0.1) is 11.6 Å². The van der Waals surface area contributed by atoms with E-state index < -0.39 is 17.7 Å².